The van der Waals surface area contributed by atoms with Crippen LogP contribution < -0.4 is 0 Å². The lowest BCUT2D eigenvalue weighted by molar-refractivity contribution is -0.0533. The maximum absolute atomic E-state index is 11.5. The van der Waals surface area contributed by atoms with E-state index in [1.165, 1.54) is 0 Å². The third-order valence-corrected chi connectivity index (χ3v) is 2.16. The third kappa shape index (κ3) is 5.29. The number of hydrogen-bond donors (Lipinski definition) is 0. The van der Waals surface area contributed by atoms with Crippen molar-refractivity contribution in [3.8, 4) is 0 Å². The number of nitrogens with zero attached hydrogens (tertiary/aromatic N) is 1. The summed E-state index contributed by atoms with van der Waals surface area (Å²) in [7, 11) is -1.83. The average Bonchev–Trinajstić information content (AvgIpc) is 1.78. The van der Waals surface area contributed by atoms with Crippen LogP contribution in [0.15, 0.2) is 4.40 Å². The van der Waals surface area contributed by atoms with Crippen LogP contribution in [-0.2, 0) is 11.0 Å². The summed E-state index contributed by atoms with van der Waals surface area (Å²) < 4.78 is 47.6. The van der Waals surface area contributed by atoms with Gasteiger partial charge in [-0.25, -0.2) is 4.21 Å². The molecule has 0 aromatic heterocycles. The van der Waals surface area contributed by atoms with Crippen molar-refractivity contribution in [2.45, 2.75) is 31.7 Å². The van der Waals surface area contributed by atoms with Gasteiger partial charge in [0.1, 0.15) is 17.2 Å². The number of halogens is 3. The standard InChI is InChI=1S/C6H10F3NOS/c1-5(2,3)12(11)10-4-6(7,8)9/h4H,1-3H3/b10-4-. The van der Waals surface area contributed by atoms with Gasteiger partial charge in [0.15, 0.2) is 0 Å². The van der Waals surface area contributed by atoms with Gasteiger partial charge < -0.3 is 0 Å². The van der Waals surface area contributed by atoms with Gasteiger partial charge in [-0.3, -0.25) is 0 Å². The average molecular weight is 201 g/mol. The predicted octanol–water partition coefficient (Wildman–Crippen LogP) is 2.08. The van der Waals surface area contributed by atoms with Crippen molar-refractivity contribution in [1.29, 1.82) is 0 Å². The quantitative estimate of drug-likeness (QED) is 0.597. The van der Waals surface area contributed by atoms with Gasteiger partial charge in [0.2, 0.25) is 0 Å². The molecular formula is C6H10F3NOS. The molecule has 0 saturated carbocycles. The van der Waals surface area contributed by atoms with Crippen LogP contribution >= 0.6 is 0 Å². The molecule has 2 nitrogen and oxygen atoms in total. The highest BCUT2D eigenvalue weighted by atomic mass is 32.2. The van der Waals surface area contributed by atoms with E-state index < -0.39 is 21.9 Å². The van der Waals surface area contributed by atoms with Gasteiger partial charge in [0.25, 0.3) is 0 Å². The Labute approximate surface area is 71.5 Å². The van der Waals surface area contributed by atoms with Crippen LogP contribution in [0, 0.1) is 0 Å². The largest absolute Gasteiger partial charge is 0.427 e. The Kier molecular flexibility index (Phi) is 3.44. The van der Waals surface area contributed by atoms with Crippen molar-refractivity contribution in [3.05, 3.63) is 0 Å². The van der Waals surface area contributed by atoms with E-state index in [0.29, 0.717) is 0 Å². The number of alkyl halides is 3. The van der Waals surface area contributed by atoms with Gasteiger partial charge >= 0.3 is 6.18 Å². The van der Waals surface area contributed by atoms with Gasteiger partial charge in [0.05, 0.1) is 4.75 Å². The summed E-state index contributed by atoms with van der Waals surface area (Å²) in [6.45, 7) is 4.66. The number of hydrogen-bond acceptors (Lipinski definition) is 1. The zero-order valence-electron chi connectivity index (χ0n) is 6.97. The topological polar surface area (TPSA) is 29.4 Å². The molecule has 0 aliphatic heterocycles. The minimum Gasteiger partial charge on any atom is -0.234 e. The van der Waals surface area contributed by atoms with Crippen molar-refractivity contribution in [2.24, 2.45) is 4.40 Å². The van der Waals surface area contributed by atoms with E-state index in [1.54, 1.807) is 20.8 Å². The summed E-state index contributed by atoms with van der Waals surface area (Å²) in [5, 5.41) is 0. The Morgan fingerprint density at radius 3 is 1.92 bits per heavy atom. The van der Waals surface area contributed by atoms with E-state index in [4.69, 9.17) is 0 Å². The second kappa shape index (κ2) is 3.55. The maximum atomic E-state index is 11.5. The van der Waals surface area contributed by atoms with Crippen molar-refractivity contribution in [1.82, 2.24) is 0 Å². The van der Waals surface area contributed by atoms with Crippen molar-refractivity contribution in [2.75, 3.05) is 0 Å². The molecule has 0 amide bonds. The van der Waals surface area contributed by atoms with Crippen LogP contribution in [-0.4, -0.2) is 21.3 Å². The molecule has 0 saturated heterocycles. The summed E-state index contributed by atoms with van der Waals surface area (Å²) in [6.07, 6.45) is -4.73. The summed E-state index contributed by atoms with van der Waals surface area (Å²) >= 11 is 0. The zero-order valence-corrected chi connectivity index (χ0v) is 7.79. The third-order valence-electron chi connectivity index (χ3n) is 0.819. The molecule has 0 aromatic carbocycles. The molecule has 0 bridgehead atoms. The maximum Gasteiger partial charge on any atom is 0.427 e. The van der Waals surface area contributed by atoms with Gasteiger partial charge in [-0.2, -0.15) is 17.6 Å². The Hall–Kier alpha value is -0.390. The SMILES string of the molecule is CC(C)(C)S(=O)/N=C\C(F)(F)F. The molecule has 72 valence electrons. The fourth-order valence-electron chi connectivity index (χ4n) is 0.266. The molecule has 1 unspecified atom stereocenters. The zero-order chi connectivity index (χ0) is 9.99. The molecule has 0 aliphatic rings. The Balaban J connectivity index is 4.30. The molecule has 0 fully saturated rings. The molecule has 1 atom stereocenters. The van der Waals surface area contributed by atoms with Gasteiger partial charge in [-0.1, -0.05) is 0 Å². The fourth-order valence-corrected chi connectivity index (χ4v) is 0.797. The molecule has 0 heterocycles. The smallest absolute Gasteiger partial charge is 0.234 e. The highest BCUT2D eigenvalue weighted by Gasteiger charge is 2.26. The van der Waals surface area contributed by atoms with Crippen LogP contribution in [0.2, 0.25) is 0 Å². The van der Waals surface area contributed by atoms with E-state index in [0.717, 1.165) is 0 Å². The van der Waals surface area contributed by atoms with E-state index in [2.05, 4.69) is 4.40 Å². The molecule has 0 aromatic rings. The second-order valence-corrected chi connectivity index (χ2v) is 5.07. The Morgan fingerprint density at radius 2 is 1.67 bits per heavy atom. The van der Waals surface area contributed by atoms with Crippen LogP contribution in [0.4, 0.5) is 13.2 Å². The molecule has 0 N–H and O–H groups in total. The van der Waals surface area contributed by atoms with Crippen molar-refractivity contribution < 1.29 is 17.4 Å². The van der Waals surface area contributed by atoms with Gasteiger partial charge in [0, 0.05) is 0 Å². The molecule has 12 heavy (non-hydrogen) atoms. The highest BCUT2D eigenvalue weighted by molar-refractivity contribution is 7.85. The molecule has 0 rings (SSSR count). The van der Waals surface area contributed by atoms with E-state index in [-0.39, 0.29) is 6.21 Å². The lowest BCUT2D eigenvalue weighted by Crippen LogP contribution is -2.21. The highest BCUT2D eigenvalue weighted by Crippen LogP contribution is 2.15. The first kappa shape index (κ1) is 11.6. The fraction of sp³-hybridized carbons (Fsp3) is 0.833. The van der Waals surface area contributed by atoms with E-state index >= 15 is 0 Å². The molecule has 0 aliphatic carbocycles. The lowest BCUT2D eigenvalue weighted by Gasteiger charge is -2.12. The molecule has 0 spiro atoms. The van der Waals surface area contributed by atoms with Crippen LogP contribution in [0.25, 0.3) is 0 Å². The first-order valence-electron chi connectivity index (χ1n) is 3.17. The van der Waals surface area contributed by atoms with Crippen LogP contribution in [0.5, 0.6) is 0 Å². The summed E-state index contributed by atoms with van der Waals surface area (Å²) in [4.78, 5) is 0. The van der Waals surface area contributed by atoms with Crippen molar-refractivity contribution in [3.63, 3.8) is 0 Å². The molecule has 6 heteroatoms. The van der Waals surface area contributed by atoms with Crippen molar-refractivity contribution >= 4 is 17.2 Å². The van der Waals surface area contributed by atoms with Crippen LogP contribution in [0.3, 0.4) is 0 Å². The summed E-state index contributed by atoms with van der Waals surface area (Å²) in [6, 6.07) is 0. The number of rotatable bonds is 1. The van der Waals surface area contributed by atoms with Gasteiger partial charge in [-0.05, 0) is 20.8 Å². The predicted molar refractivity (Wildman–Crippen MR) is 42.4 cm³/mol. The summed E-state index contributed by atoms with van der Waals surface area (Å²) in [5.41, 5.74) is 0. The minimum absolute atomic E-state index is 0.242. The molecular weight excluding hydrogens is 191 g/mol. The second-order valence-electron chi connectivity index (χ2n) is 3.14. The van der Waals surface area contributed by atoms with E-state index in [9.17, 15) is 17.4 Å². The normalized spacial score (nSPS) is 16.8. The first-order valence-corrected chi connectivity index (χ1v) is 4.27. The van der Waals surface area contributed by atoms with E-state index in [1.807, 2.05) is 0 Å². The first-order chi connectivity index (χ1) is 5.13. The molecule has 0 radical (unpaired) electrons. The summed E-state index contributed by atoms with van der Waals surface area (Å²) in [5.74, 6) is 0. The Bertz CT molecular complexity index is 204. The minimum atomic E-state index is -4.49. The van der Waals surface area contributed by atoms with Crippen LogP contribution in [0.1, 0.15) is 20.8 Å². The van der Waals surface area contributed by atoms with Gasteiger partial charge in [-0.15, -0.1) is 0 Å². The Morgan fingerprint density at radius 1 is 1.25 bits per heavy atom. The monoisotopic (exact) mass is 201 g/mol. The lowest BCUT2D eigenvalue weighted by atomic mass is 10.3.